The van der Waals surface area contributed by atoms with Crippen molar-refractivity contribution in [3.8, 4) is 16.9 Å². The number of amides is 10. The van der Waals surface area contributed by atoms with Crippen LogP contribution in [0.4, 0.5) is 8.78 Å². The lowest BCUT2D eigenvalue weighted by molar-refractivity contribution is -0.142. The van der Waals surface area contributed by atoms with Gasteiger partial charge in [-0.15, -0.1) is 11.8 Å². The van der Waals surface area contributed by atoms with Crippen LogP contribution in [-0.4, -0.2) is 276 Å². The van der Waals surface area contributed by atoms with E-state index in [1.807, 2.05) is 0 Å². The first-order chi connectivity index (χ1) is 58.9. The largest absolute Gasteiger partial charge is 0.508 e. The van der Waals surface area contributed by atoms with Crippen molar-refractivity contribution >= 4 is 82.8 Å². The first kappa shape index (κ1) is 102. The Morgan fingerprint density at radius 1 is 0.508 bits per heavy atom. The number of aliphatic hydroxyl groups is 10. The van der Waals surface area contributed by atoms with Crippen molar-refractivity contribution in [2.24, 2.45) is 5.73 Å². The first-order valence-corrected chi connectivity index (χ1v) is 40.9. The minimum absolute atomic E-state index is 0.00540. The number of aliphatic hydroxyl groups excluding tert-OH is 10. The van der Waals surface area contributed by atoms with E-state index in [0.29, 0.717) is 60.6 Å². The molecule has 5 aromatic rings. The molecule has 39 nitrogen and oxygen atoms in total. The van der Waals surface area contributed by atoms with Crippen LogP contribution in [0.15, 0.2) is 118 Å². The molecule has 6 rings (SSSR count). The molecule has 0 unspecified atom stereocenters. The van der Waals surface area contributed by atoms with Gasteiger partial charge in [0, 0.05) is 100 Å². The lowest BCUT2D eigenvalue weighted by Gasteiger charge is -2.27. The molecule has 2 heterocycles. The number of hydrogen-bond acceptors (Lipinski definition) is 27. The Balaban J connectivity index is 1.10. The Morgan fingerprint density at radius 2 is 1.00 bits per heavy atom. The van der Waals surface area contributed by atoms with E-state index in [1.165, 1.54) is 25.1 Å². The summed E-state index contributed by atoms with van der Waals surface area (Å²) in [5, 5.41) is 148. The zero-order valence-corrected chi connectivity index (χ0v) is 68.6. The van der Waals surface area contributed by atoms with Crippen LogP contribution >= 0.6 is 11.8 Å². The number of rotatable bonds is 55. The summed E-state index contributed by atoms with van der Waals surface area (Å²) in [7, 11) is 0. The summed E-state index contributed by atoms with van der Waals surface area (Å²) in [6, 6.07) is 16.2. The second-order valence-electron chi connectivity index (χ2n) is 29.5. The summed E-state index contributed by atoms with van der Waals surface area (Å²) in [6.45, 7) is -3.28. The number of nitrogens with two attached hydrogens (primary N) is 1. The van der Waals surface area contributed by atoms with E-state index < -0.39 is 250 Å². The summed E-state index contributed by atoms with van der Waals surface area (Å²) in [6.07, 6.45) is -17.5. The number of nitrogens with zero attached hydrogens (tertiary/aromatic N) is 3. The zero-order chi connectivity index (χ0) is 91.4. The molecule has 13 atom stereocenters. The second-order valence-corrected chi connectivity index (χ2v) is 30.6. The maximum atomic E-state index is 15.1. The molecule has 0 saturated carbocycles. The number of unbranched alkanes of at least 4 members (excludes halogenated alkanes) is 4. The number of aryl methyl sites for hydroxylation is 2. The maximum Gasteiger partial charge on any atom is 0.331 e. The van der Waals surface area contributed by atoms with E-state index in [4.69, 9.17) is 5.73 Å². The highest BCUT2D eigenvalue weighted by atomic mass is 32.2. The average molecular weight is 1760 g/mol. The van der Waals surface area contributed by atoms with E-state index in [9.17, 15) is 134 Å². The fourth-order valence-corrected chi connectivity index (χ4v) is 13.9. The number of carboxylic acids is 2. The van der Waals surface area contributed by atoms with Crippen molar-refractivity contribution in [1.82, 2.24) is 56.6 Å². The van der Waals surface area contributed by atoms with Gasteiger partial charge >= 0.3 is 17.6 Å². The van der Waals surface area contributed by atoms with Gasteiger partial charge in [0.15, 0.2) is 0 Å². The van der Waals surface area contributed by atoms with Gasteiger partial charge in [0.05, 0.1) is 49.0 Å². The van der Waals surface area contributed by atoms with Crippen molar-refractivity contribution in [1.29, 1.82) is 0 Å². The number of nitrogens with one attached hydrogen (secondary N) is 8. The number of phenolic OH excluding ortho intramolecular Hbond substituents is 1. The summed E-state index contributed by atoms with van der Waals surface area (Å²) < 4.78 is 32.2. The van der Waals surface area contributed by atoms with E-state index in [0.717, 1.165) is 37.8 Å². The molecule has 1 aromatic heterocycles. The average Bonchev–Trinajstić information content (AvgIpc) is 0.952. The van der Waals surface area contributed by atoms with Gasteiger partial charge in [0.25, 0.3) is 17.4 Å². The first-order valence-electron chi connectivity index (χ1n) is 40.0. The number of halogens is 2. The Morgan fingerprint density at radius 3 is 1.55 bits per heavy atom. The molecule has 0 spiro atoms. The summed E-state index contributed by atoms with van der Waals surface area (Å²) >= 11 is 0.505. The van der Waals surface area contributed by atoms with E-state index in [2.05, 4.69) is 42.5 Å². The number of thioether (sulfide) groups is 1. The Bertz CT molecular complexity index is 4620. The van der Waals surface area contributed by atoms with Gasteiger partial charge in [0.2, 0.25) is 47.3 Å². The summed E-state index contributed by atoms with van der Waals surface area (Å²) in [5.41, 5.74) is 7.12. The molecular weight excluding hydrogens is 1660 g/mol. The SMILES string of the molecule is Cc1c(-c2cccc(CCC(=O)NCCCCCCCC(=O)N[C@H](CCC(=O)NC[C@H](O)[C@@H](O)[C@H](O)[C@H](O)CO)C(=O)N[C@H](CCC(=O)O)C(=O)N[C@H](CCC(=O)NC[C@H](O)[C@@H](O)[C@H](O)[C@H](O)CO)C(=O)N[C@H](CSC3=CC(=O)N(CCNC(=O)CCc4ccc(O)cc4)C3=O)C(=O)O)c2)c(=O)n(C[C@@H](N)c2ccccc2)c(=O)n1Cc1c(F)cccc1F. The van der Waals surface area contributed by atoms with Crippen LogP contribution in [0.1, 0.15) is 124 Å². The summed E-state index contributed by atoms with van der Waals surface area (Å²) in [4.78, 5) is 189. The number of benzene rings is 4. The molecule has 1 aliphatic heterocycles. The van der Waals surface area contributed by atoms with Crippen molar-refractivity contribution in [3.05, 3.63) is 168 Å². The van der Waals surface area contributed by atoms with Gasteiger partial charge in [-0.2, -0.15) is 0 Å². The monoisotopic (exact) mass is 1760 g/mol. The quantitative estimate of drug-likeness (QED) is 0.0132. The Kier molecular flexibility index (Phi) is 41.8. The second kappa shape index (κ2) is 51.1. The predicted octanol–water partition coefficient (Wildman–Crippen LogP) is -3.60. The molecule has 0 saturated heterocycles. The standard InChI is InChI=1S/C82H108F2N12O27S/c1-45-71(80(120)96(41-54(85)48-13-6-5-7-14-48)82(123)95(45)40-51-52(83)16-11-17-53(51)84)49-15-10-12-47(36-49)22-29-64(104)86-33-9-4-2-3-8-18-68(108)90-55(25-30-66(106)88-38-59(100)72(112)74(114)61(102)42-97)76(116)92-57(27-32-70(110)111)77(117)91-56(26-31-67(107)89-39-60(101)73(113)75(115)62(103)43-98)78(118)93-58(81(121)122)44-124-63-37-69(109)94(79(63)119)35-34-87-65(105)28-21-46-19-23-50(99)24-20-46/h5-7,10-17,19-20,23-24,36-37,54-62,72-75,97-103,112-115H,2-4,8-9,18,21-22,25-35,38-44,85H2,1H3,(H,86,104)(H,87,105)(H,88,106)(H,89,107)(H,90,108)(H,91,117)(H,92,116)(H,93,118)(H,110,111)(H,121,122)/t54-,55-,56-,57-,58-,59+,60+,61-,62-,72-,73-,74-,75-/m1/s1. The number of carbonyl (C=O) groups excluding carboxylic acids is 10. The number of aromatic nitrogens is 2. The zero-order valence-electron chi connectivity index (χ0n) is 67.8. The van der Waals surface area contributed by atoms with Crippen molar-refractivity contribution in [2.75, 3.05) is 51.7 Å². The molecule has 0 bridgehead atoms. The summed E-state index contributed by atoms with van der Waals surface area (Å²) in [5.74, 6) is -15.0. The topological polar surface area (TPSA) is 637 Å². The normalized spacial score (nSPS) is 15.2. The molecule has 0 aliphatic carbocycles. The minimum atomic E-state index is -2.15. The lowest BCUT2D eigenvalue weighted by Crippen LogP contribution is -2.58. The third-order valence-corrected chi connectivity index (χ3v) is 21.3. The number of carbonyl (C=O) groups is 12. The molecule has 678 valence electrons. The van der Waals surface area contributed by atoms with Crippen molar-refractivity contribution in [2.45, 2.75) is 202 Å². The third-order valence-electron chi connectivity index (χ3n) is 20.2. The molecule has 10 amide bonds. The highest BCUT2D eigenvalue weighted by Crippen LogP contribution is 2.27. The van der Waals surface area contributed by atoms with E-state index >= 15 is 8.78 Å². The molecule has 23 N–H and O–H groups in total. The van der Waals surface area contributed by atoms with Crippen LogP contribution in [0, 0.1) is 18.6 Å². The highest BCUT2D eigenvalue weighted by molar-refractivity contribution is 8.04. The number of aliphatic carboxylic acids is 2. The fourth-order valence-electron chi connectivity index (χ4n) is 12.9. The number of hydrogen-bond donors (Lipinski definition) is 22. The fraction of sp³-hybridized carbons (Fsp3) is 0.488. The van der Waals surface area contributed by atoms with Gasteiger partial charge in [-0.25, -0.2) is 18.4 Å². The van der Waals surface area contributed by atoms with Gasteiger partial charge < -0.3 is 115 Å². The molecule has 0 fully saturated rings. The third kappa shape index (κ3) is 32.1. The Labute approximate surface area is 713 Å². The molecule has 4 aromatic carbocycles. The van der Waals surface area contributed by atoms with Crippen LogP contribution in [-0.2, 0) is 83.5 Å². The number of aromatic hydroxyl groups is 1. The maximum absolute atomic E-state index is 15.1. The van der Waals surface area contributed by atoms with Crippen LogP contribution in [0.3, 0.4) is 0 Å². The van der Waals surface area contributed by atoms with Crippen molar-refractivity contribution in [3.63, 3.8) is 0 Å². The van der Waals surface area contributed by atoms with Crippen LogP contribution in [0.2, 0.25) is 0 Å². The number of carboxylic acid groups (broad SMARTS) is 2. The molecule has 1 aliphatic rings. The number of imide groups is 1. The predicted molar refractivity (Wildman–Crippen MR) is 439 cm³/mol. The van der Waals surface area contributed by atoms with Gasteiger partial charge in [-0.3, -0.25) is 71.6 Å². The lowest BCUT2D eigenvalue weighted by atomic mass is 10.00. The van der Waals surface area contributed by atoms with Crippen LogP contribution in [0.25, 0.3) is 11.1 Å². The smallest absolute Gasteiger partial charge is 0.331 e. The van der Waals surface area contributed by atoms with Gasteiger partial charge in [0.1, 0.15) is 78.2 Å². The molecule has 0 radical (unpaired) electrons. The van der Waals surface area contributed by atoms with Gasteiger partial charge in [-0.1, -0.05) is 92.1 Å². The van der Waals surface area contributed by atoms with Crippen molar-refractivity contribution < 1.29 is 133 Å². The van der Waals surface area contributed by atoms with E-state index in [-0.39, 0.29) is 86.1 Å². The van der Waals surface area contributed by atoms with Gasteiger partial charge in [-0.05, 0) is 98.4 Å². The minimum Gasteiger partial charge on any atom is -0.508 e. The Hall–Kier alpha value is -11.3. The molecule has 124 heavy (non-hydrogen) atoms. The van der Waals surface area contributed by atoms with Crippen LogP contribution < -0.4 is 59.5 Å². The molecule has 42 heteroatoms. The number of phenols is 1. The van der Waals surface area contributed by atoms with E-state index in [1.54, 1.807) is 66.7 Å². The molecular formula is C82H108F2N12O27S. The van der Waals surface area contributed by atoms with Crippen LogP contribution in [0.5, 0.6) is 5.75 Å². The highest BCUT2D eigenvalue weighted by Gasteiger charge is 2.38.